The number of nitrogens with zero attached hydrogens (tertiary/aromatic N) is 1. The van der Waals surface area contributed by atoms with Gasteiger partial charge in [-0.2, -0.15) is 0 Å². The molecule has 1 aromatic rings. The van der Waals surface area contributed by atoms with Gasteiger partial charge in [-0.3, -0.25) is 4.90 Å². The Morgan fingerprint density at radius 3 is 2.61 bits per heavy atom. The van der Waals surface area contributed by atoms with Gasteiger partial charge in [-0.15, -0.1) is 12.4 Å². The van der Waals surface area contributed by atoms with E-state index in [0.717, 1.165) is 37.3 Å². The van der Waals surface area contributed by atoms with Crippen LogP contribution in [0.2, 0.25) is 0 Å². The van der Waals surface area contributed by atoms with Crippen LogP contribution in [0.15, 0.2) is 18.2 Å². The molecule has 0 spiro atoms. The first kappa shape index (κ1) is 15.2. The summed E-state index contributed by atoms with van der Waals surface area (Å²) < 4.78 is 0. The van der Waals surface area contributed by atoms with E-state index >= 15 is 0 Å². The highest BCUT2D eigenvalue weighted by Crippen LogP contribution is 2.30. The molecule has 0 saturated carbocycles. The molecule has 1 aliphatic heterocycles. The predicted molar refractivity (Wildman–Crippen MR) is 74.4 cm³/mol. The van der Waals surface area contributed by atoms with Gasteiger partial charge in [-0.1, -0.05) is 18.2 Å². The van der Waals surface area contributed by atoms with E-state index in [-0.39, 0.29) is 25.1 Å². The van der Waals surface area contributed by atoms with Crippen molar-refractivity contribution in [1.82, 2.24) is 10.2 Å². The smallest absolute Gasteiger partial charge is 0.123 e. The van der Waals surface area contributed by atoms with Gasteiger partial charge in [-0.05, 0) is 12.5 Å². The summed E-state index contributed by atoms with van der Waals surface area (Å²) >= 11 is 0. The molecule has 3 N–H and O–H groups in total. The SMILES string of the molecule is Cc1cccc([C@H](CO)N2CCNCC2)c1O.Cl. The summed E-state index contributed by atoms with van der Waals surface area (Å²) in [6, 6.07) is 5.60. The number of para-hydroxylation sites is 1. The molecular weight excluding hydrogens is 252 g/mol. The van der Waals surface area contributed by atoms with Gasteiger partial charge in [0.1, 0.15) is 5.75 Å². The van der Waals surface area contributed by atoms with Crippen LogP contribution in [0.4, 0.5) is 0 Å². The Hall–Kier alpha value is -0.810. The van der Waals surface area contributed by atoms with Crippen molar-refractivity contribution in [3.8, 4) is 5.75 Å². The number of phenols is 1. The van der Waals surface area contributed by atoms with Gasteiger partial charge < -0.3 is 15.5 Å². The number of aryl methyl sites for hydroxylation is 1. The van der Waals surface area contributed by atoms with Crippen molar-refractivity contribution in [2.75, 3.05) is 32.8 Å². The first-order chi connectivity index (χ1) is 8.24. The van der Waals surface area contributed by atoms with Crippen molar-refractivity contribution in [3.05, 3.63) is 29.3 Å². The third-order valence-electron chi connectivity index (χ3n) is 3.39. The van der Waals surface area contributed by atoms with Crippen LogP contribution in [0.25, 0.3) is 0 Å². The number of phenolic OH excluding ortho intramolecular Hbond substituents is 1. The van der Waals surface area contributed by atoms with Crippen molar-refractivity contribution in [3.63, 3.8) is 0 Å². The van der Waals surface area contributed by atoms with E-state index in [1.165, 1.54) is 0 Å². The fourth-order valence-electron chi connectivity index (χ4n) is 2.35. The minimum atomic E-state index is -0.100. The maximum absolute atomic E-state index is 10.1. The van der Waals surface area contributed by atoms with Crippen molar-refractivity contribution in [1.29, 1.82) is 0 Å². The summed E-state index contributed by atoms with van der Waals surface area (Å²) in [5, 5.41) is 22.9. The maximum atomic E-state index is 10.1. The highest BCUT2D eigenvalue weighted by molar-refractivity contribution is 5.85. The monoisotopic (exact) mass is 272 g/mol. The average molecular weight is 273 g/mol. The number of piperazine rings is 1. The standard InChI is InChI=1S/C13H20N2O2.ClH/c1-10-3-2-4-11(13(10)17)12(9-16)15-7-5-14-6-8-15;/h2-4,12,14,16-17H,5-9H2,1H3;1H/t12-;/m0./s1. The lowest BCUT2D eigenvalue weighted by Crippen LogP contribution is -2.46. The highest BCUT2D eigenvalue weighted by atomic mass is 35.5. The van der Waals surface area contributed by atoms with Gasteiger partial charge in [-0.25, -0.2) is 0 Å². The van der Waals surface area contributed by atoms with E-state index in [0.29, 0.717) is 5.75 Å². The first-order valence-electron chi connectivity index (χ1n) is 6.08. The van der Waals surface area contributed by atoms with Crippen LogP contribution < -0.4 is 5.32 Å². The summed E-state index contributed by atoms with van der Waals surface area (Å²) in [6.45, 7) is 5.59. The normalized spacial score (nSPS) is 18.1. The third-order valence-corrected chi connectivity index (χ3v) is 3.39. The molecular formula is C13H21ClN2O2. The van der Waals surface area contributed by atoms with Crippen molar-refractivity contribution < 1.29 is 10.2 Å². The van der Waals surface area contributed by atoms with E-state index in [1.54, 1.807) is 0 Å². The molecule has 0 aliphatic carbocycles. The fourth-order valence-corrected chi connectivity index (χ4v) is 2.35. The van der Waals surface area contributed by atoms with Gasteiger partial charge in [0.2, 0.25) is 0 Å². The third kappa shape index (κ3) is 3.14. The minimum Gasteiger partial charge on any atom is -0.507 e. The zero-order chi connectivity index (χ0) is 12.3. The molecule has 0 unspecified atom stereocenters. The molecule has 18 heavy (non-hydrogen) atoms. The molecule has 1 aliphatic rings. The topological polar surface area (TPSA) is 55.7 Å². The first-order valence-corrected chi connectivity index (χ1v) is 6.08. The molecule has 102 valence electrons. The summed E-state index contributed by atoms with van der Waals surface area (Å²) in [6.07, 6.45) is 0. The second-order valence-electron chi connectivity index (χ2n) is 4.50. The van der Waals surface area contributed by atoms with Gasteiger partial charge in [0, 0.05) is 31.7 Å². The van der Waals surface area contributed by atoms with E-state index in [9.17, 15) is 10.2 Å². The molecule has 0 radical (unpaired) electrons. The number of aliphatic hydroxyl groups is 1. The van der Waals surface area contributed by atoms with Gasteiger partial charge >= 0.3 is 0 Å². The molecule has 0 amide bonds. The van der Waals surface area contributed by atoms with Crippen LogP contribution in [0.1, 0.15) is 17.2 Å². The molecule has 1 atom stereocenters. The Bertz CT molecular complexity index is 381. The summed E-state index contributed by atoms with van der Waals surface area (Å²) in [7, 11) is 0. The zero-order valence-corrected chi connectivity index (χ0v) is 11.4. The summed E-state index contributed by atoms with van der Waals surface area (Å²) in [4.78, 5) is 2.21. The molecule has 2 rings (SSSR count). The van der Waals surface area contributed by atoms with Crippen molar-refractivity contribution >= 4 is 12.4 Å². The van der Waals surface area contributed by atoms with Crippen LogP contribution in [0, 0.1) is 6.92 Å². The number of hydrogen-bond acceptors (Lipinski definition) is 4. The molecule has 1 saturated heterocycles. The number of rotatable bonds is 3. The molecule has 1 heterocycles. The van der Waals surface area contributed by atoms with Crippen LogP contribution >= 0.6 is 12.4 Å². The second-order valence-corrected chi connectivity index (χ2v) is 4.50. The minimum absolute atomic E-state index is 0. The summed E-state index contributed by atoms with van der Waals surface area (Å²) in [5.74, 6) is 0.310. The van der Waals surface area contributed by atoms with E-state index < -0.39 is 0 Å². The fraction of sp³-hybridized carbons (Fsp3) is 0.538. The highest BCUT2D eigenvalue weighted by Gasteiger charge is 2.23. The number of aliphatic hydroxyl groups excluding tert-OH is 1. The zero-order valence-electron chi connectivity index (χ0n) is 10.6. The van der Waals surface area contributed by atoms with E-state index in [1.807, 2.05) is 25.1 Å². The van der Waals surface area contributed by atoms with E-state index in [2.05, 4.69) is 10.2 Å². The van der Waals surface area contributed by atoms with Crippen LogP contribution in [0.3, 0.4) is 0 Å². The Morgan fingerprint density at radius 1 is 1.33 bits per heavy atom. The Labute approximate surface area is 114 Å². The van der Waals surface area contributed by atoms with Gasteiger partial charge in [0.05, 0.1) is 12.6 Å². The number of benzene rings is 1. The Morgan fingerprint density at radius 2 is 2.00 bits per heavy atom. The van der Waals surface area contributed by atoms with Crippen LogP contribution in [0.5, 0.6) is 5.75 Å². The molecule has 1 aromatic carbocycles. The molecule has 0 aromatic heterocycles. The quantitative estimate of drug-likeness (QED) is 0.770. The second kappa shape index (κ2) is 6.95. The molecule has 1 fully saturated rings. The van der Waals surface area contributed by atoms with Crippen molar-refractivity contribution in [2.24, 2.45) is 0 Å². The van der Waals surface area contributed by atoms with Gasteiger partial charge in [0.25, 0.3) is 0 Å². The largest absolute Gasteiger partial charge is 0.507 e. The van der Waals surface area contributed by atoms with E-state index in [4.69, 9.17) is 0 Å². The van der Waals surface area contributed by atoms with Crippen LogP contribution in [-0.4, -0.2) is 47.9 Å². The van der Waals surface area contributed by atoms with Crippen molar-refractivity contribution in [2.45, 2.75) is 13.0 Å². The Kier molecular flexibility index (Phi) is 5.88. The lowest BCUT2D eigenvalue weighted by Gasteiger charge is -2.34. The number of halogens is 1. The maximum Gasteiger partial charge on any atom is 0.123 e. The molecule has 4 nitrogen and oxygen atoms in total. The Balaban J connectivity index is 0.00000162. The lowest BCUT2D eigenvalue weighted by atomic mass is 10.0. The average Bonchev–Trinajstić information content (AvgIpc) is 2.37. The lowest BCUT2D eigenvalue weighted by molar-refractivity contribution is 0.109. The number of hydrogen-bond donors (Lipinski definition) is 3. The molecule has 0 bridgehead atoms. The predicted octanol–water partition coefficient (Wildman–Crippen LogP) is 1.06. The van der Waals surface area contributed by atoms with Gasteiger partial charge in [0.15, 0.2) is 0 Å². The summed E-state index contributed by atoms with van der Waals surface area (Å²) in [5.41, 5.74) is 1.69. The van der Waals surface area contributed by atoms with Crippen LogP contribution in [-0.2, 0) is 0 Å². The number of nitrogens with one attached hydrogen (secondary N) is 1. The number of aromatic hydroxyl groups is 1. The molecule has 5 heteroatoms.